The summed E-state index contributed by atoms with van der Waals surface area (Å²) in [6.07, 6.45) is 4.31. The molecule has 1 N–H and O–H groups in total. The molecule has 34 heavy (non-hydrogen) atoms. The van der Waals surface area contributed by atoms with Crippen LogP contribution >= 0.6 is 23.1 Å². The van der Waals surface area contributed by atoms with E-state index in [4.69, 9.17) is 14.0 Å². The summed E-state index contributed by atoms with van der Waals surface area (Å²) in [7, 11) is -0.695. The van der Waals surface area contributed by atoms with Gasteiger partial charge in [-0.3, -0.25) is 4.55 Å². The minimum Gasteiger partial charge on any atom is -0.497 e. The van der Waals surface area contributed by atoms with Crippen LogP contribution in [0, 0.1) is 0 Å². The Morgan fingerprint density at radius 3 is 2.71 bits per heavy atom. The normalized spacial score (nSPS) is 15.2. The van der Waals surface area contributed by atoms with E-state index in [2.05, 4.69) is 22.5 Å². The molecule has 0 saturated heterocycles. The number of hydrogen-bond acceptors (Lipinski definition) is 7. The molecule has 0 amide bonds. The molecule has 0 aliphatic carbocycles. The van der Waals surface area contributed by atoms with Gasteiger partial charge in [0.2, 0.25) is 5.52 Å². The number of nitrogens with zero attached hydrogens (tertiary/aromatic N) is 2. The number of ether oxygens (including phenoxy) is 2. The van der Waals surface area contributed by atoms with Crippen LogP contribution in [-0.4, -0.2) is 39.5 Å². The van der Waals surface area contributed by atoms with E-state index in [1.807, 2.05) is 48.6 Å². The summed E-state index contributed by atoms with van der Waals surface area (Å²) in [5.74, 6) is 1.23. The fraction of sp³-hybridized carbons (Fsp3) is 0.292. The van der Waals surface area contributed by atoms with Crippen LogP contribution in [-0.2, 0) is 21.4 Å². The molecule has 0 fully saturated rings. The van der Waals surface area contributed by atoms with Crippen molar-refractivity contribution >= 4 is 55.2 Å². The first-order valence-electron chi connectivity index (χ1n) is 10.8. The minimum atomic E-state index is -4.00. The van der Waals surface area contributed by atoms with E-state index in [0.29, 0.717) is 18.7 Å². The quantitative estimate of drug-likeness (QED) is 0.244. The number of fused-ring (bicyclic) bond motifs is 2. The highest BCUT2D eigenvalue weighted by Gasteiger charge is 2.26. The molecule has 0 radical (unpaired) electrons. The van der Waals surface area contributed by atoms with Gasteiger partial charge in [-0.1, -0.05) is 35.2 Å². The maximum atomic E-state index is 11.2. The third-order valence-corrected chi connectivity index (χ3v) is 8.47. The number of thioether (sulfide) groups is 1. The summed E-state index contributed by atoms with van der Waals surface area (Å²) in [6.45, 7) is 3.37. The summed E-state index contributed by atoms with van der Waals surface area (Å²) in [6, 6.07) is 14.1. The average Bonchev–Trinajstić information content (AvgIpc) is 3.34. The Hall–Kier alpha value is -2.53. The van der Waals surface area contributed by atoms with Gasteiger partial charge in [0.25, 0.3) is 15.1 Å². The molecule has 1 aliphatic heterocycles. The van der Waals surface area contributed by atoms with Crippen LogP contribution in [0.4, 0.5) is 5.69 Å². The van der Waals surface area contributed by atoms with Gasteiger partial charge in [-0.2, -0.15) is 13.0 Å². The molecule has 0 saturated carbocycles. The van der Waals surface area contributed by atoms with Crippen LogP contribution < -0.4 is 14.2 Å². The Morgan fingerprint density at radius 2 is 2.00 bits per heavy atom. The number of rotatable bonds is 9. The Kier molecular flexibility index (Phi) is 7.51. The van der Waals surface area contributed by atoms with Crippen molar-refractivity contribution in [3.63, 3.8) is 0 Å². The highest BCUT2D eigenvalue weighted by atomic mass is 32.2. The van der Waals surface area contributed by atoms with E-state index in [1.165, 1.54) is 0 Å². The van der Waals surface area contributed by atoms with Crippen LogP contribution in [0.15, 0.2) is 64.2 Å². The Labute approximate surface area is 208 Å². The van der Waals surface area contributed by atoms with Crippen molar-refractivity contribution in [3.05, 3.63) is 64.3 Å². The molecule has 7 nitrogen and oxygen atoms in total. The van der Waals surface area contributed by atoms with Crippen LogP contribution in [0.3, 0.4) is 0 Å². The van der Waals surface area contributed by atoms with Crippen molar-refractivity contribution in [3.8, 4) is 5.75 Å². The smallest absolute Gasteiger partial charge is 0.266 e. The maximum absolute atomic E-state index is 11.2. The molecule has 1 aromatic heterocycles. The average molecular weight is 520 g/mol. The van der Waals surface area contributed by atoms with Gasteiger partial charge in [-0.25, -0.2) is 0 Å². The van der Waals surface area contributed by atoms with Gasteiger partial charge in [0.15, 0.2) is 6.54 Å². The number of methoxy groups -OCH3 is 2. The summed E-state index contributed by atoms with van der Waals surface area (Å²) in [5, 5.41) is 1.99. The molecule has 4 rings (SSSR count). The molecule has 3 aromatic rings. The van der Waals surface area contributed by atoms with Gasteiger partial charge in [0, 0.05) is 36.1 Å². The van der Waals surface area contributed by atoms with Crippen LogP contribution in [0.2, 0.25) is 0 Å². The number of para-hydroxylation sites is 1. The second kappa shape index (κ2) is 10.4. The van der Waals surface area contributed by atoms with Crippen molar-refractivity contribution in [2.24, 2.45) is 0 Å². The van der Waals surface area contributed by atoms with Crippen molar-refractivity contribution in [2.45, 2.75) is 24.8 Å². The van der Waals surface area contributed by atoms with Gasteiger partial charge in [-0.05, 0) is 25.1 Å². The number of thiazole rings is 1. The number of allylic oxidation sites excluding steroid dienone is 1. The molecule has 1 aliphatic rings. The number of benzene rings is 2. The first-order chi connectivity index (χ1) is 16.3. The predicted octanol–water partition coefficient (Wildman–Crippen LogP) is 4.94. The molecule has 0 atom stereocenters. The number of anilines is 1. The molecule has 0 unspecified atom stereocenters. The largest absolute Gasteiger partial charge is 0.497 e. The van der Waals surface area contributed by atoms with Gasteiger partial charge >= 0.3 is 0 Å². The topological polar surface area (TPSA) is 80.0 Å². The Bertz CT molecular complexity index is 1360. The lowest BCUT2D eigenvalue weighted by molar-refractivity contribution is -0.668. The summed E-state index contributed by atoms with van der Waals surface area (Å²) in [5.41, 5.74) is 2.12. The zero-order valence-electron chi connectivity index (χ0n) is 19.2. The number of hydrogen-bond donors (Lipinski definition) is 1. The molecule has 0 bridgehead atoms. The van der Waals surface area contributed by atoms with Gasteiger partial charge in [0.05, 0.1) is 36.8 Å². The van der Waals surface area contributed by atoms with E-state index in [-0.39, 0.29) is 5.75 Å². The van der Waals surface area contributed by atoms with Crippen LogP contribution in [0.25, 0.3) is 16.3 Å². The van der Waals surface area contributed by atoms with E-state index < -0.39 is 10.1 Å². The fourth-order valence-corrected chi connectivity index (χ4v) is 6.61. The molecule has 10 heteroatoms. The van der Waals surface area contributed by atoms with Gasteiger partial charge in [0.1, 0.15) is 16.2 Å². The lowest BCUT2D eigenvalue weighted by atomic mass is 10.2. The molecule has 0 spiro atoms. The van der Waals surface area contributed by atoms with Crippen molar-refractivity contribution in [1.82, 2.24) is 0 Å². The second-order valence-corrected chi connectivity index (χ2v) is 11.3. The first-order valence-corrected chi connectivity index (χ1v) is 14.0. The predicted molar refractivity (Wildman–Crippen MR) is 138 cm³/mol. The zero-order chi connectivity index (χ0) is 24.3. The Balaban J connectivity index is 1.69. The van der Waals surface area contributed by atoms with E-state index in [1.54, 1.807) is 37.3 Å². The lowest BCUT2D eigenvalue weighted by Crippen LogP contribution is -2.36. The third kappa shape index (κ3) is 5.41. The van der Waals surface area contributed by atoms with E-state index >= 15 is 0 Å². The minimum absolute atomic E-state index is 0.279. The summed E-state index contributed by atoms with van der Waals surface area (Å²) < 4.78 is 45.9. The standard InChI is InChI=1S/C24H26N2O5S3/c1-4-25-20-14-17(30-2)10-11-22(20)33-23(25)15-18(31-3)16-24-26(12-7-13-34(27,28)29)19-8-5-6-9-21(19)32-24/h5-6,8-11,14-16H,4,7,12-13H2,1-3H3/p+1. The van der Waals surface area contributed by atoms with Gasteiger partial charge < -0.3 is 14.4 Å². The summed E-state index contributed by atoms with van der Waals surface area (Å²) in [4.78, 5) is 3.38. The van der Waals surface area contributed by atoms with E-state index in [0.717, 1.165) is 43.1 Å². The molecular weight excluding hydrogens is 492 g/mol. The fourth-order valence-electron chi connectivity index (χ4n) is 3.84. The molecule has 180 valence electrons. The maximum Gasteiger partial charge on any atom is 0.266 e. The van der Waals surface area contributed by atoms with Gasteiger partial charge in [-0.15, -0.1) is 0 Å². The zero-order valence-corrected chi connectivity index (χ0v) is 21.7. The number of aryl methyl sites for hydroxylation is 1. The Morgan fingerprint density at radius 1 is 1.21 bits per heavy atom. The van der Waals surface area contributed by atoms with Crippen LogP contribution in [0.1, 0.15) is 18.4 Å². The molecule has 2 heterocycles. The van der Waals surface area contributed by atoms with Crippen LogP contribution in [0.5, 0.6) is 5.75 Å². The third-order valence-electron chi connectivity index (χ3n) is 5.44. The number of aromatic nitrogens is 1. The first kappa shape index (κ1) is 24.6. The summed E-state index contributed by atoms with van der Waals surface area (Å²) >= 11 is 3.29. The SMILES string of the molecule is CCN1/C(=C/C(=C/c2sc3ccccc3[n+]2CCCS(=O)(=O)O)OC)Sc2ccc(OC)cc21. The highest BCUT2D eigenvalue weighted by molar-refractivity contribution is 8.03. The van der Waals surface area contributed by atoms with Crippen molar-refractivity contribution in [1.29, 1.82) is 0 Å². The molecule has 2 aromatic carbocycles. The second-order valence-electron chi connectivity index (χ2n) is 7.61. The highest BCUT2D eigenvalue weighted by Crippen LogP contribution is 2.47. The van der Waals surface area contributed by atoms with Crippen molar-refractivity contribution < 1.29 is 27.0 Å². The lowest BCUT2D eigenvalue weighted by Gasteiger charge is -2.18. The monoisotopic (exact) mass is 519 g/mol. The molecular formula is C24H27N2O5S3+. The van der Waals surface area contributed by atoms with Crippen molar-refractivity contribution in [2.75, 3.05) is 31.4 Å². The van der Waals surface area contributed by atoms with E-state index in [9.17, 15) is 8.42 Å².